The van der Waals surface area contributed by atoms with Crippen molar-refractivity contribution >= 4 is 19.7 Å². The van der Waals surface area contributed by atoms with Crippen LogP contribution in [-0.2, 0) is 6.54 Å². The van der Waals surface area contributed by atoms with E-state index in [0.29, 0.717) is 17.1 Å². The molecule has 252 valence electrons. The average molecular weight is 670 g/mol. The lowest BCUT2D eigenvalue weighted by molar-refractivity contribution is -0.274. The Hall–Kier alpha value is -4.23. The highest BCUT2D eigenvalue weighted by Crippen LogP contribution is 2.37. The number of anilines is 2. The predicted octanol–water partition coefficient (Wildman–Crippen LogP) is 6.69. The van der Waals surface area contributed by atoms with Crippen LogP contribution in [0.2, 0.25) is 18.1 Å². The van der Waals surface area contributed by atoms with Crippen molar-refractivity contribution in [1.82, 2.24) is 14.3 Å². The fraction of sp³-hybridized carbons (Fsp3) is 0.412. The van der Waals surface area contributed by atoms with E-state index in [2.05, 4.69) is 77.8 Å². The van der Waals surface area contributed by atoms with Gasteiger partial charge in [0.25, 0.3) is 0 Å². The number of hydrogen-bond donors (Lipinski definition) is 1. The van der Waals surface area contributed by atoms with Gasteiger partial charge in [-0.2, -0.15) is 5.10 Å². The van der Waals surface area contributed by atoms with Gasteiger partial charge in [0, 0.05) is 37.6 Å². The van der Waals surface area contributed by atoms with Crippen molar-refractivity contribution in [2.75, 3.05) is 36.0 Å². The first kappa shape index (κ1) is 34.1. The molecule has 47 heavy (non-hydrogen) atoms. The van der Waals surface area contributed by atoms with Gasteiger partial charge in [0.1, 0.15) is 17.3 Å². The maximum absolute atomic E-state index is 13.2. The molecule has 0 aliphatic carbocycles. The summed E-state index contributed by atoms with van der Waals surface area (Å²) in [6, 6.07) is 21.0. The number of nitrogens with zero attached hydrogens (tertiary/aromatic N) is 5. The summed E-state index contributed by atoms with van der Waals surface area (Å²) >= 11 is 0. The number of hydrogen-bond acceptors (Lipinski definition) is 7. The van der Waals surface area contributed by atoms with E-state index in [9.17, 15) is 23.1 Å². The molecular weight excluding hydrogens is 627 g/mol. The van der Waals surface area contributed by atoms with Crippen LogP contribution in [0.15, 0.2) is 77.6 Å². The van der Waals surface area contributed by atoms with E-state index < -0.39 is 32.2 Å². The number of aryl methyl sites for hydroxylation is 1. The van der Waals surface area contributed by atoms with Crippen LogP contribution in [0.5, 0.6) is 11.5 Å². The Morgan fingerprint density at radius 2 is 1.28 bits per heavy atom. The molecule has 0 spiro atoms. The summed E-state index contributed by atoms with van der Waals surface area (Å²) in [5.41, 5.74) is 2.77. The van der Waals surface area contributed by atoms with Crippen LogP contribution < -0.4 is 24.7 Å². The standard InChI is InChI=1S/C34H42F3N5O4Si/c1-24-38-41(23-31(43)25-7-15-29(16-8-25)45-34(35,36)37)32(44)42(24)28-11-9-26(10-12-28)39-19-21-40(22-20-39)27-13-17-30(18-14-27)46-47(5,6)33(2,3)4/h7-18,31,43H,19-23H2,1-6H3. The first-order valence-corrected chi connectivity index (χ1v) is 18.5. The number of aliphatic hydroxyl groups is 1. The van der Waals surface area contributed by atoms with Crippen molar-refractivity contribution in [2.45, 2.75) is 64.8 Å². The molecule has 4 aromatic rings. The molecule has 1 aliphatic heterocycles. The minimum Gasteiger partial charge on any atom is -0.544 e. The number of ether oxygens (including phenoxy) is 1. The van der Waals surface area contributed by atoms with Gasteiger partial charge in [-0.1, -0.05) is 32.9 Å². The predicted molar refractivity (Wildman–Crippen MR) is 179 cm³/mol. The van der Waals surface area contributed by atoms with Gasteiger partial charge in [-0.25, -0.2) is 14.0 Å². The third-order valence-electron chi connectivity index (χ3n) is 8.98. The molecule has 1 fully saturated rings. The van der Waals surface area contributed by atoms with Gasteiger partial charge >= 0.3 is 12.1 Å². The number of piperazine rings is 1. The summed E-state index contributed by atoms with van der Waals surface area (Å²) < 4.78 is 50.3. The summed E-state index contributed by atoms with van der Waals surface area (Å²) in [7, 11) is -1.89. The second kappa shape index (κ2) is 13.1. The van der Waals surface area contributed by atoms with Gasteiger partial charge in [-0.05, 0) is 91.3 Å². The largest absolute Gasteiger partial charge is 0.573 e. The molecule has 1 aromatic heterocycles. The number of rotatable bonds is 9. The van der Waals surface area contributed by atoms with E-state index in [0.717, 1.165) is 54.4 Å². The summed E-state index contributed by atoms with van der Waals surface area (Å²) in [5.74, 6) is 0.968. The van der Waals surface area contributed by atoms with E-state index in [1.807, 2.05) is 24.3 Å². The zero-order valence-corrected chi connectivity index (χ0v) is 28.6. The molecule has 1 aliphatic rings. The molecule has 0 saturated carbocycles. The molecule has 1 N–H and O–H groups in total. The van der Waals surface area contributed by atoms with Crippen LogP contribution in [0.1, 0.15) is 38.3 Å². The third kappa shape index (κ3) is 8.02. The normalized spacial score (nSPS) is 15.1. The van der Waals surface area contributed by atoms with Crippen molar-refractivity contribution in [3.05, 3.63) is 94.7 Å². The Bertz CT molecular complexity index is 1710. The van der Waals surface area contributed by atoms with Crippen molar-refractivity contribution < 1.29 is 27.4 Å². The fourth-order valence-electron chi connectivity index (χ4n) is 5.30. The number of halogens is 3. The van der Waals surface area contributed by atoms with Crippen molar-refractivity contribution in [2.24, 2.45) is 0 Å². The molecule has 13 heteroatoms. The molecule has 9 nitrogen and oxygen atoms in total. The zero-order valence-electron chi connectivity index (χ0n) is 27.6. The molecule has 2 heterocycles. The van der Waals surface area contributed by atoms with Crippen LogP contribution in [0.3, 0.4) is 0 Å². The molecular formula is C34H42F3N5O4Si. The maximum atomic E-state index is 13.2. The Kier molecular flexibility index (Phi) is 9.51. The lowest BCUT2D eigenvalue weighted by atomic mass is 10.1. The van der Waals surface area contributed by atoms with Crippen LogP contribution >= 0.6 is 0 Å². The number of aliphatic hydroxyl groups excluding tert-OH is 1. The van der Waals surface area contributed by atoms with Crippen molar-refractivity contribution in [3.63, 3.8) is 0 Å². The minimum absolute atomic E-state index is 0.139. The second-order valence-electron chi connectivity index (χ2n) is 13.3. The molecule has 1 atom stereocenters. The smallest absolute Gasteiger partial charge is 0.544 e. The lowest BCUT2D eigenvalue weighted by Crippen LogP contribution is -2.46. The fourth-order valence-corrected chi connectivity index (χ4v) is 6.33. The van der Waals surface area contributed by atoms with Crippen LogP contribution in [-0.4, -0.2) is 60.3 Å². The van der Waals surface area contributed by atoms with E-state index >= 15 is 0 Å². The monoisotopic (exact) mass is 669 g/mol. The van der Waals surface area contributed by atoms with Gasteiger partial charge < -0.3 is 24.1 Å². The summed E-state index contributed by atoms with van der Waals surface area (Å²) in [6.07, 6.45) is -5.97. The van der Waals surface area contributed by atoms with E-state index in [-0.39, 0.29) is 11.6 Å². The second-order valence-corrected chi connectivity index (χ2v) is 18.1. The van der Waals surface area contributed by atoms with Gasteiger partial charge in [0.05, 0.1) is 18.3 Å². The quantitative estimate of drug-likeness (QED) is 0.199. The molecule has 1 unspecified atom stereocenters. The highest BCUT2D eigenvalue weighted by Gasteiger charge is 2.39. The third-order valence-corrected chi connectivity index (χ3v) is 13.3. The summed E-state index contributed by atoms with van der Waals surface area (Å²) in [4.78, 5) is 17.9. The van der Waals surface area contributed by atoms with Gasteiger partial charge in [-0.15, -0.1) is 13.2 Å². The zero-order chi connectivity index (χ0) is 34.1. The maximum Gasteiger partial charge on any atom is 0.573 e. The van der Waals surface area contributed by atoms with Gasteiger partial charge in [0.15, 0.2) is 0 Å². The molecule has 5 rings (SSSR count). The van der Waals surface area contributed by atoms with E-state index in [1.165, 1.54) is 22.4 Å². The van der Waals surface area contributed by atoms with Gasteiger partial charge in [-0.3, -0.25) is 0 Å². The number of benzene rings is 3. The Morgan fingerprint density at radius 3 is 1.77 bits per heavy atom. The first-order valence-electron chi connectivity index (χ1n) is 15.6. The Morgan fingerprint density at radius 1 is 0.809 bits per heavy atom. The number of alkyl halides is 3. The number of aromatic nitrogens is 3. The summed E-state index contributed by atoms with van der Waals surface area (Å²) in [5, 5.41) is 15.1. The minimum atomic E-state index is -4.81. The summed E-state index contributed by atoms with van der Waals surface area (Å²) in [6.45, 7) is 16.2. The topological polar surface area (TPSA) is 85.0 Å². The van der Waals surface area contributed by atoms with Crippen LogP contribution in [0.25, 0.3) is 5.69 Å². The molecule has 1 saturated heterocycles. The first-order chi connectivity index (χ1) is 22.0. The average Bonchev–Trinajstić information content (AvgIpc) is 3.28. The van der Waals surface area contributed by atoms with Crippen LogP contribution in [0, 0.1) is 6.92 Å². The Balaban J connectivity index is 1.19. The SMILES string of the molecule is Cc1nn(CC(O)c2ccc(OC(F)(F)F)cc2)c(=O)n1-c1ccc(N2CCN(c3ccc(O[Si](C)(C)C(C)(C)C)cc3)CC2)cc1. The lowest BCUT2D eigenvalue weighted by Gasteiger charge is -2.38. The molecule has 0 amide bonds. The highest BCUT2D eigenvalue weighted by atomic mass is 28.4. The molecule has 0 radical (unpaired) electrons. The van der Waals surface area contributed by atoms with Crippen molar-refractivity contribution in [1.29, 1.82) is 0 Å². The van der Waals surface area contributed by atoms with Crippen LogP contribution in [0.4, 0.5) is 24.5 Å². The van der Waals surface area contributed by atoms with Gasteiger partial charge in [0.2, 0.25) is 8.32 Å². The molecule has 3 aromatic carbocycles. The Labute approximate surface area is 273 Å². The van der Waals surface area contributed by atoms with E-state index in [1.54, 1.807) is 6.92 Å². The van der Waals surface area contributed by atoms with Crippen molar-refractivity contribution in [3.8, 4) is 17.2 Å². The van der Waals surface area contributed by atoms with E-state index in [4.69, 9.17) is 4.43 Å². The molecule has 0 bridgehead atoms. The highest BCUT2D eigenvalue weighted by molar-refractivity contribution is 6.74.